The minimum absolute atomic E-state index is 0.133. The second-order valence-electron chi connectivity index (χ2n) is 15.1. The van der Waals surface area contributed by atoms with Gasteiger partial charge in [0.1, 0.15) is 12.2 Å². The highest BCUT2D eigenvalue weighted by Crippen LogP contribution is 2.44. The first kappa shape index (κ1) is 37.0. The standard InChI is InChI=1S/C34H59N3O9/c1-13-24-34(9)28-20(5)25(35-18(3)16-37(28)32(41)46-34)17(2)15-33(8,42-12)29(21(6)26(38)22(7)30(40)44-24)45-31-27(39)23(36(10)11)14-19(4)43-31/h17-24,26-29,31,38-39H,13-16H2,1-12H3/t17-,18-,19-,20+,21+,22-,23+,24-,26+,27-,28-,29-,31+,33-,34-/m1/s1. The van der Waals surface area contributed by atoms with Gasteiger partial charge in [0.15, 0.2) is 11.9 Å². The van der Waals surface area contributed by atoms with E-state index >= 15 is 0 Å². The Morgan fingerprint density at radius 1 is 1.04 bits per heavy atom. The van der Waals surface area contributed by atoms with Crippen molar-refractivity contribution < 1.29 is 43.5 Å². The highest BCUT2D eigenvalue weighted by molar-refractivity contribution is 5.91. The van der Waals surface area contributed by atoms with Crippen molar-refractivity contribution in [2.24, 2.45) is 28.7 Å². The zero-order valence-electron chi connectivity index (χ0n) is 29.9. The van der Waals surface area contributed by atoms with Crippen LogP contribution in [-0.4, -0.2) is 132 Å². The average molecular weight is 654 g/mol. The Balaban J connectivity index is 1.82. The maximum absolute atomic E-state index is 13.8. The Hall–Kier alpha value is -1.83. The van der Waals surface area contributed by atoms with E-state index in [4.69, 9.17) is 28.7 Å². The monoisotopic (exact) mass is 653 g/mol. The molecule has 4 aliphatic rings. The Kier molecular flexibility index (Phi) is 11.2. The lowest BCUT2D eigenvalue weighted by Gasteiger charge is -2.48. The third kappa shape index (κ3) is 6.72. The average Bonchev–Trinajstić information content (AvgIpc) is 3.15. The minimum atomic E-state index is -1.19. The van der Waals surface area contributed by atoms with E-state index in [-0.39, 0.29) is 30.0 Å². The predicted molar refractivity (Wildman–Crippen MR) is 172 cm³/mol. The Bertz CT molecular complexity index is 1140. The van der Waals surface area contributed by atoms with Crippen molar-refractivity contribution in [1.29, 1.82) is 0 Å². The summed E-state index contributed by atoms with van der Waals surface area (Å²) in [5.41, 5.74) is -1.22. The van der Waals surface area contributed by atoms with E-state index < -0.39 is 71.8 Å². The molecule has 1 amide bonds. The number of cyclic esters (lactones) is 1. The minimum Gasteiger partial charge on any atom is -0.458 e. The second-order valence-corrected chi connectivity index (χ2v) is 15.1. The number of amides is 1. The van der Waals surface area contributed by atoms with Gasteiger partial charge in [-0.2, -0.15) is 0 Å². The van der Waals surface area contributed by atoms with Gasteiger partial charge in [0.05, 0.1) is 41.9 Å². The molecular weight excluding hydrogens is 594 g/mol. The molecular formula is C34H59N3O9. The van der Waals surface area contributed by atoms with Crippen molar-refractivity contribution in [3.8, 4) is 0 Å². The SMILES string of the molecule is CC[C@H]1OC(=O)[C@H](C)[C@@H](O)[C@H](C)[C@@H](O[C@@H]2O[C@H](C)C[C@H](N(C)C)[C@H]2O)[C@](C)(OC)C[C@@H](C)C2=N[C@H](C)CN3C(=O)O[C@@]1(C)[C@H]3[C@H]2C. The number of aliphatic hydroxyl groups excluding tert-OH is 2. The molecule has 264 valence electrons. The van der Waals surface area contributed by atoms with Crippen molar-refractivity contribution >= 4 is 17.8 Å². The maximum atomic E-state index is 13.8. The molecule has 3 fully saturated rings. The molecule has 2 N–H and O–H groups in total. The lowest BCUT2D eigenvalue weighted by atomic mass is 9.72. The molecule has 12 nitrogen and oxygen atoms in total. The number of rotatable bonds is 5. The zero-order chi connectivity index (χ0) is 34.5. The number of carbonyl (C=O) groups excluding carboxylic acids is 2. The molecule has 15 atom stereocenters. The molecule has 0 aromatic carbocycles. The lowest BCUT2D eigenvalue weighted by molar-refractivity contribution is -0.301. The quantitative estimate of drug-likeness (QED) is 0.425. The zero-order valence-corrected chi connectivity index (χ0v) is 29.9. The van der Waals surface area contributed by atoms with Gasteiger partial charge < -0.3 is 38.8 Å². The molecule has 0 aromatic heterocycles. The van der Waals surface area contributed by atoms with Crippen molar-refractivity contribution in [2.75, 3.05) is 27.7 Å². The van der Waals surface area contributed by atoms with E-state index in [0.717, 1.165) is 5.71 Å². The molecule has 3 saturated heterocycles. The van der Waals surface area contributed by atoms with Gasteiger partial charge in [-0.05, 0) is 73.9 Å². The van der Waals surface area contributed by atoms with Gasteiger partial charge in [0, 0.05) is 37.2 Å². The van der Waals surface area contributed by atoms with Crippen LogP contribution in [0, 0.1) is 23.7 Å². The van der Waals surface area contributed by atoms with Crippen LogP contribution in [0.5, 0.6) is 0 Å². The first-order valence-electron chi connectivity index (χ1n) is 17.1. The Labute approximate surface area is 275 Å². The summed E-state index contributed by atoms with van der Waals surface area (Å²) in [7, 11) is 5.44. The third-order valence-electron chi connectivity index (χ3n) is 11.2. The highest BCUT2D eigenvalue weighted by Gasteiger charge is 2.60. The molecule has 4 rings (SSSR count). The molecule has 0 unspecified atom stereocenters. The molecule has 0 radical (unpaired) electrons. The molecule has 4 heterocycles. The van der Waals surface area contributed by atoms with Gasteiger partial charge in [-0.3, -0.25) is 14.7 Å². The number of hydrogen-bond acceptors (Lipinski definition) is 11. The molecule has 12 heteroatoms. The van der Waals surface area contributed by atoms with Gasteiger partial charge in [-0.25, -0.2) is 4.79 Å². The Morgan fingerprint density at radius 2 is 1.70 bits per heavy atom. The maximum Gasteiger partial charge on any atom is 0.411 e. The summed E-state index contributed by atoms with van der Waals surface area (Å²) >= 11 is 0. The van der Waals surface area contributed by atoms with Gasteiger partial charge in [-0.15, -0.1) is 0 Å². The van der Waals surface area contributed by atoms with E-state index in [1.165, 1.54) is 0 Å². The Morgan fingerprint density at radius 3 is 2.28 bits per heavy atom. The molecule has 4 aliphatic heterocycles. The van der Waals surface area contributed by atoms with E-state index in [1.807, 2.05) is 60.5 Å². The fourth-order valence-corrected chi connectivity index (χ4v) is 8.65. The number of hydrogen-bond donors (Lipinski definition) is 2. The summed E-state index contributed by atoms with van der Waals surface area (Å²) in [6.07, 6.45) is -3.81. The molecule has 0 spiro atoms. The lowest BCUT2D eigenvalue weighted by Crippen LogP contribution is -2.60. The smallest absolute Gasteiger partial charge is 0.411 e. The van der Waals surface area contributed by atoms with Crippen molar-refractivity contribution in [3.05, 3.63) is 0 Å². The van der Waals surface area contributed by atoms with Crippen LogP contribution in [0.25, 0.3) is 0 Å². The number of carbonyl (C=O) groups is 2. The first-order chi connectivity index (χ1) is 21.4. The van der Waals surface area contributed by atoms with Crippen LogP contribution in [0.4, 0.5) is 4.79 Å². The van der Waals surface area contributed by atoms with Gasteiger partial charge in [0.25, 0.3) is 0 Å². The van der Waals surface area contributed by atoms with Crippen molar-refractivity contribution in [3.63, 3.8) is 0 Å². The van der Waals surface area contributed by atoms with Crippen LogP contribution >= 0.6 is 0 Å². The summed E-state index contributed by atoms with van der Waals surface area (Å²) in [6, 6.07) is -0.812. The van der Waals surface area contributed by atoms with Crippen LogP contribution in [0.1, 0.15) is 81.6 Å². The predicted octanol–water partition coefficient (Wildman–Crippen LogP) is 3.26. The van der Waals surface area contributed by atoms with E-state index in [0.29, 0.717) is 25.8 Å². The highest BCUT2D eigenvalue weighted by atomic mass is 16.7. The number of aliphatic hydroxyl groups is 2. The number of esters is 1. The molecule has 0 aromatic rings. The fourth-order valence-electron chi connectivity index (χ4n) is 8.65. The van der Waals surface area contributed by atoms with E-state index in [9.17, 15) is 19.8 Å². The number of ether oxygens (including phenoxy) is 5. The first-order valence-corrected chi connectivity index (χ1v) is 17.1. The summed E-state index contributed by atoms with van der Waals surface area (Å²) in [4.78, 5) is 36.0. The summed E-state index contributed by atoms with van der Waals surface area (Å²) < 4.78 is 31.4. The molecule has 46 heavy (non-hydrogen) atoms. The molecule has 0 aliphatic carbocycles. The topological polar surface area (TPSA) is 140 Å². The van der Waals surface area contributed by atoms with Crippen LogP contribution in [-0.2, 0) is 28.5 Å². The summed E-state index contributed by atoms with van der Waals surface area (Å²) in [6.45, 7) is 17.6. The number of methoxy groups -OCH3 is 1. The fraction of sp³-hybridized carbons (Fsp3) is 0.912. The summed E-state index contributed by atoms with van der Waals surface area (Å²) in [5, 5.41) is 23.2. The number of nitrogens with zero attached hydrogens (tertiary/aromatic N) is 3. The molecule has 2 bridgehead atoms. The number of aliphatic imine (C=N–C) groups is 1. The number of fused-ring (bicyclic) bond motifs is 1. The third-order valence-corrected chi connectivity index (χ3v) is 11.2. The van der Waals surface area contributed by atoms with Gasteiger partial charge >= 0.3 is 12.1 Å². The normalized spacial score (nSPS) is 47.5. The molecule has 0 saturated carbocycles. The van der Waals surface area contributed by atoms with Crippen LogP contribution in [0.15, 0.2) is 4.99 Å². The summed E-state index contributed by atoms with van der Waals surface area (Å²) in [5.74, 6) is -2.54. The van der Waals surface area contributed by atoms with Gasteiger partial charge in [-0.1, -0.05) is 27.7 Å². The van der Waals surface area contributed by atoms with Crippen LogP contribution in [0.2, 0.25) is 0 Å². The van der Waals surface area contributed by atoms with Crippen molar-refractivity contribution in [1.82, 2.24) is 9.80 Å². The van der Waals surface area contributed by atoms with Crippen LogP contribution in [0.3, 0.4) is 0 Å². The van der Waals surface area contributed by atoms with E-state index in [1.54, 1.807) is 18.9 Å². The number of likely N-dealkylation sites (N-methyl/N-ethyl adjacent to an activating group) is 1. The van der Waals surface area contributed by atoms with Gasteiger partial charge in [0.2, 0.25) is 0 Å². The van der Waals surface area contributed by atoms with Crippen molar-refractivity contribution in [2.45, 2.75) is 148 Å². The van der Waals surface area contributed by atoms with Crippen LogP contribution < -0.4 is 0 Å². The van der Waals surface area contributed by atoms with E-state index in [2.05, 4.69) is 13.8 Å². The second kappa shape index (κ2) is 14.0. The largest absolute Gasteiger partial charge is 0.458 e.